The van der Waals surface area contributed by atoms with Crippen LogP contribution in [0.5, 0.6) is 5.75 Å². The molecule has 0 radical (unpaired) electrons. The maximum atomic E-state index is 12.7. The Kier molecular flexibility index (Phi) is 6.73. The van der Waals surface area contributed by atoms with E-state index in [2.05, 4.69) is 10.6 Å². The molecule has 0 fully saturated rings. The van der Waals surface area contributed by atoms with Gasteiger partial charge in [0.15, 0.2) is 0 Å². The second kappa shape index (κ2) is 9.27. The quantitative estimate of drug-likeness (QED) is 0.695. The van der Waals surface area contributed by atoms with Crippen LogP contribution in [0.2, 0.25) is 0 Å². The standard InChI is InChI=1S/C21H25N3O5S/c1-15(25)23-19-6-3-16(4-7-19)21(26)22-10-12-30(27,28)24-11-9-17-13-20(29-2)8-5-18(17)14-24/h3-8,13H,9-12,14H2,1-2H3,(H,22,26)(H,23,25). The van der Waals surface area contributed by atoms with Gasteiger partial charge < -0.3 is 15.4 Å². The third-order valence-electron chi connectivity index (χ3n) is 4.90. The first-order chi connectivity index (χ1) is 14.3. The van der Waals surface area contributed by atoms with E-state index in [1.165, 1.54) is 11.2 Å². The van der Waals surface area contributed by atoms with Crippen LogP contribution in [0.25, 0.3) is 0 Å². The van der Waals surface area contributed by atoms with Crippen LogP contribution < -0.4 is 15.4 Å². The van der Waals surface area contributed by atoms with Crippen molar-refractivity contribution in [1.29, 1.82) is 0 Å². The van der Waals surface area contributed by atoms with Gasteiger partial charge in [0.25, 0.3) is 5.91 Å². The molecule has 1 aliphatic heterocycles. The van der Waals surface area contributed by atoms with Crippen LogP contribution in [-0.2, 0) is 27.8 Å². The predicted octanol–water partition coefficient (Wildman–Crippen LogP) is 1.77. The van der Waals surface area contributed by atoms with Gasteiger partial charge in [0.05, 0.1) is 12.9 Å². The Labute approximate surface area is 176 Å². The van der Waals surface area contributed by atoms with Crippen molar-refractivity contribution in [2.45, 2.75) is 19.9 Å². The molecule has 0 bridgehead atoms. The number of methoxy groups -OCH3 is 1. The molecule has 0 aliphatic carbocycles. The van der Waals surface area contributed by atoms with Gasteiger partial charge in [-0.05, 0) is 53.9 Å². The van der Waals surface area contributed by atoms with Gasteiger partial charge >= 0.3 is 0 Å². The minimum atomic E-state index is -3.50. The third-order valence-corrected chi connectivity index (χ3v) is 6.72. The average molecular weight is 432 g/mol. The number of amides is 2. The fourth-order valence-electron chi connectivity index (χ4n) is 3.30. The first-order valence-corrected chi connectivity index (χ1v) is 11.2. The van der Waals surface area contributed by atoms with Crippen molar-refractivity contribution in [3.63, 3.8) is 0 Å². The maximum Gasteiger partial charge on any atom is 0.251 e. The molecule has 2 aromatic carbocycles. The fraction of sp³-hybridized carbons (Fsp3) is 0.333. The van der Waals surface area contributed by atoms with Crippen molar-refractivity contribution in [1.82, 2.24) is 9.62 Å². The number of nitrogens with zero attached hydrogens (tertiary/aromatic N) is 1. The van der Waals surface area contributed by atoms with E-state index in [0.29, 0.717) is 30.8 Å². The zero-order valence-corrected chi connectivity index (χ0v) is 17.8. The van der Waals surface area contributed by atoms with Crippen molar-refractivity contribution in [3.8, 4) is 5.75 Å². The molecule has 1 aliphatic rings. The normalized spacial score (nSPS) is 13.9. The summed E-state index contributed by atoms with van der Waals surface area (Å²) >= 11 is 0. The lowest BCUT2D eigenvalue weighted by Gasteiger charge is -2.28. The summed E-state index contributed by atoms with van der Waals surface area (Å²) in [4.78, 5) is 23.3. The van der Waals surface area contributed by atoms with Crippen LogP contribution in [0.1, 0.15) is 28.4 Å². The summed E-state index contributed by atoms with van der Waals surface area (Å²) in [6, 6.07) is 12.0. The van der Waals surface area contributed by atoms with Gasteiger partial charge in [-0.3, -0.25) is 9.59 Å². The second-order valence-electron chi connectivity index (χ2n) is 7.05. The Morgan fingerprint density at radius 2 is 1.83 bits per heavy atom. The first kappa shape index (κ1) is 21.8. The number of rotatable bonds is 7. The monoisotopic (exact) mass is 431 g/mol. The number of benzene rings is 2. The lowest BCUT2D eigenvalue weighted by atomic mass is 10.0. The molecular weight excluding hydrogens is 406 g/mol. The largest absolute Gasteiger partial charge is 0.497 e. The summed E-state index contributed by atoms with van der Waals surface area (Å²) in [5.41, 5.74) is 3.04. The number of hydrogen-bond donors (Lipinski definition) is 2. The minimum Gasteiger partial charge on any atom is -0.497 e. The van der Waals surface area contributed by atoms with Crippen LogP contribution >= 0.6 is 0 Å². The molecule has 0 atom stereocenters. The van der Waals surface area contributed by atoms with Gasteiger partial charge in [-0.15, -0.1) is 0 Å². The Morgan fingerprint density at radius 1 is 1.10 bits per heavy atom. The Hall–Kier alpha value is -2.91. The van der Waals surface area contributed by atoms with Crippen LogP contribution in [0, 0.1) is 0 Å². The number of sulfonamides is 1. The van der Waals surface area contributed by atoms with E-state index in [1.54, 1.807) is 31.4 Å². The summed E-state index contributed by atoms with van der Waals surface area (Å²) in [5.74, 6) is 0.0270. The lowest BCUT2D eigenvalue weighted by molar-refractivity contribution is -0.114. The Bertz CT molecular complexity index is 1040. The zero-order chi connectivity index (χ0) is 21.7. The van der Waals surface area contributed by atoms with Gasteiger partial charge in [-0.25, -0.2) is 8.42 Å². The molecule has 1 heterocycles. The van der Waals surface area contributed by atoms with Crippen molar-refractivity contribution in [2.75, 3.05) is 31.3 Å². The van der Waals surface area contributed by atoms with Crippen LogP contribution in [-0.4, -0.2) is 50.5 Å². The molecular formula is C21H25N3O5S. The zero-order valence-electron chi connectivity index (χ0n) is 17.0. The molecule has 0 unspecified atom stereocenters. The summed E-state index contributed by atoms with van der Waals surface area (Å²) < 4.78 is 32.1. The fourth-order valence-corrected chi connectivity index (χ4v) is 4.62. The molecule has 8 nitrogen and oxygen atoms in total. The molecule has 30 heavy (non-hydrogen) atoms. The van der Waals surface area contributed by atoms with E-state index in [9.17, 15) is 18.0 Å². The topological polar surface area (TPSA) is 105 Å². The first-order valence-electron chi connectivity index (χ1n) is 9.58. The van der Waals surface area contributed by atoms with E-state index in [1.807, 2.05) is 18.2 Å². The number of anilines is 1. The van der Waals surface area contributed by atoms with E-state index < -0.39 is 10.0 Å². The van der Waals surface area contributed by atoms with Gasteiger partial charge in [0.2, 0.25) is 15.9 Å². The summed E-state index contributed by atoms with van der Waals surface area (Å²) in [7, 11) is -1.90. The van der Waals surface area contributed by atoms with Gasteiger partial charge in [-0.1, -0.05) is 6.07 Å². The van der Waals surface area contributed by atoms with Crippen molar-refractivity contribution in [2.24, 2.45) is 0 Å². The van der Waals surface area contributed by atoms with Crippen LogP contribution in [0.3, 0.4) is 0 Å². The maximum absolute atomic E-state index is 12.7. The molecule has 3 rings (SSSR count). The lowest BCUT2D eigenvalue weighted by Crippen LogP contribution is -2.40. The van der Waals surface area contributed by atoms with Crippen LogP contribution in [0.4, 0.5) is 5.69 Å². The highest BCUT2D eigenvalue weighted by molar-refractivity contribution is 7.89. The minimum absolute atomic E-state index is 0.0145. The van der Waals surface area contributed by atoms with Crippen molar-refractivity contribution in [3.05, 3.63) is 59.2 Å². The predicted molar refractivity (Wildman–Crippen MR) is 114 cm³/mol. The van der Waals surface area contributed by atoms with E-state index in [4.69, 9.17) is 4.74 Å². The third kappa shape index (κ3) is 5.37. The molecule has 2 N–H and O–H groups in total. The highest BCUT2D eigenvalue weighted by Crippen LogP contribution is 2.25. The summed E-state index contributed by atoms with van der Waals surface area (Å²) in [6.45, 7) is 2.14. The average Bonchev–Trinajstić information content (AvgIpc) is 2.72. The van der Waals surface area contributed by atoms with E-state index in [0.717, 1.165) is 16.9 Å². The molecule has 0 spiro atoms. The molecule has 2 aromatic rings. The number of carbonyl (C=O) groups excluding carboxylic acids is 2. The SMILES string of the molecule is COc1ccc2c(c1)CCN(S(=O)(=O)CCNC(=O)c1ccc(NC(C)=O)cc1)C2. The van der Waals surface area contributed by atoms with Gasteiger partial charge in [0, 0.05) is 37.8 Å². The van der Waals surface area contributed by atoms with Gasteiger partial charge in [-0.2, -0.15) is 4.31 Å². The molecule has 2 amide bonds. The summed E-state index contributed by atoms with van der Waals surface area (Å²) in [5, 5.41) is 5.26. The molecule has 0 aromatic heterocycles. The smallest absolute Gasteiger partial charge is 0.251 e. The Morgan fingerprint density at radius 3 is 2.50 bits per heavy atom. The Balaban J connectivity index is 1.53. The number of fused-ring (bicyclic) bond motifs is 1. The number of nitrogens with one attached hydrogen (secondary N) is 2. The highest BCUT2D eigenvalue weighted by atomic mass is 32.2. The molecule has 0 saturated heterocycles. The summed E-state index contributed by atoms with van der Waals surface area (Å²) in [6.07, 6.45) is 0.624. The number of carbonyl (C=O) groups is 2. The molecule has 0 saturated carbocycles. The second-order valence-corrected chi connectivity index (χ2v) is 9.14. The molecule has 9 heteroatoms. The van der Waals surface area contributed by atoms with E-state index >= 15 is 0 Å². The van der Waals surface area contributed by atoms with Crippen molar-refractivity contribution >= 4 is 27.5 Å². The number of hydrogen-bond acceptors (Lipinski definition) is 5. The van der Waals surface area contributed by atoms with E-state index in [-0.39, 0.29) is 24.1 Å². The van der Waals surface area contributed by atoms with Crippen molar-refractivity contribution < 1.29 is 22.7 Å². The molecule has 160 valence electrons. The number of ether oxygens (including phenoxy) is 1. The highest BCUT2D eigenvalue weighted by Gasteiger charge is 2.26. The van der Waals surface area contributed by atoms with Crippen LogP contribution in [0.15, 0.2) is 42.5 Å². The van der Waals surface area contributed by atoms with Gasteiger partial charge in [0.1, 0.15) is 5.75 Å².